The van der Waals surface area contributed by atoms with E-state index in [1.54, 1.807) is 37.2 Å². The van der Waals surface area contributed by atoms with Crippen molar-refractivity contribution in [1.82, 2.24) is 24.0 Å². The van der Waals surface area contributed by atoms with Crippen molar-refractivity contribution < 1.29 is 19.1 Å². The summed E-state index contributed by atoms with van der Waals surface area (Å²) in [6.07, 6.45) is -0.385. The molecule has 0 aliphatic carbocycles. The molecule has 3 heterocycles. The smallest absolute Gasteiger partial charge is 0.410 e. The van der Waals surface area contributed by atoms with Crippen molar-refractivity contribution in [2.24, 2.45) is 5.41 Å². The van der Waals surface area contributed by atoms with Gasteiger partial charge in [0.15, 0.2) is 17.9 Å². The van der Waals surface area contributed by atoms with Gasteiger partial charge in [-0.3, -0.25) is 19.1 Å². The van der Waals surface area contributed by atoms with E-state index in [0.717, 1.165) is 4.57 Å². The van der Waals surface area contributed by atoms with Crippen LogP contribution < -0.4 is 16.1 Å². The molecule has 3 rings (SSSR count). The van der Waals surface area contributed by atoms with Gasteiger partial charge in [-0.25, -0.2) is 14.2 Å². The van der Waals surface area contributed by atoms with Crippen LogP contribution in [-0.2, 0) is 27.5 Å². The van der Waals surface area contributed by atoms with Crippen LogP contribution in [0.25, 0.3) is 11.2 Å². The lowest BCUT2D eigenvalue weighted by Crippen LogP contribution is -2.50. The van der Waals surface area contributed by atoms with Crippen LogP contribution in [0.4, 0.5) is 10.7 Å². The Kier molecular flexibility index (Phi) is 7.52. The molecular weight excluding hydrogens is 468 g/mol. The molecule has 0 spiro atoms. The molecular formula is C24H34N6O6. The van der Waals surface area contributed by atoms with Crippen molar-refractivity contribution in [2.75, 3.05) is 31.1 Å². The van der Waals surface area contributed by atoms with Crippen molar-refractivity contribution in [1.29, 1.82) is 0 Å². The summed E-state index contributed by atoms with van der Waals surface area (Å²) in [7, 11) is 0. The maximum absolute atomic E-state index is 13.3. The molecule has 2 aromatic rings. The third-order valence-corrected chi connectivity index (χ3v) is 5.43. The Balaban J connectivity index is 1.93. The number of piperazine rings is 1. The number of esters is 1. The van der Waals surface area contributed by atoms with Gasteiger partial charge in [0.05, 0.1) is 12.0 Å². The average molecular weight is 503 g/mol. The molecule has 36 heavy (non-hydrogen) atoms. The van der Waals surface area contributed by atoms with Crippen LogP contribution in [-0.4, -0.2) is 67.8 Å². The number of hydrogen-bond donors (Lipinski definition) is 1. The summed E-state index contributed by atoms with van der Waals surface area (Å²) < 4.78 is 13.1. The van der Waals surface area contributed by atoms with E-state index in [-0.39, 0.29) is 23.8 Å². The monoisotopic (exact) mass is 502 g/mol. The van der Waals surface area contributed by atoms with Gasteiger partial charge < -0.3 is 19.3 Å². The van der Waals surface area contributed by atoms with Crippen molar-refractivity contribution in [3.63, 3.8) is 0 Å². The number of fused-ring (bicyclic) bond motifs is 1. The lowest BCUT2D eigenvalue weighted by atomic mass is 9.98. The Morgan fingerprint density at radius 3 is 2.22 bits per heavy atom. The number of hydrogen-bond acceptors (Lipinski definition) is 8. The summed E-state index contributed by atoms with van der Waals surface area (Å²) >= 11 is 0. The zero-order valence-corrected chi connectivity index (χ0v) is 21.9. The van der Waals surface area contributed by atoms with E-state index in [1.807, 2.05) is 25.7 Å². The highest BCUT2D eigenvalue weighted by Crippen LogP contribution is 2.21. The molecule has 2 aromatic heterocycles. The largest absolute Gasteiger partial charge is 0.444 e. The van der Waals surface area contributed by atoms with Crippen LogP contribution >= 0.6 is 0 Å². The number of anilines is 1. The van der Waals surface area contributed by atoms with Gasteiger partial charge in [-0.2, -0.15) is 4.98 Å². The van der Waals surface area contributed by atoms with Crippen LogP contribution in [0.3, 0.4) is 0 Å². The maximum Gasteiger partial charge on any atom is 0.410 e. The molecule has 196 valence electrons. The molecule has 1 aliphatic heterocycles. The molecule has 0 bridgehead atoms. The summed E-state index contributed by atoms with van der Waals surface area (Å²) in [6, 6.07) is 0. The lowest BCUT2D eigenvalue weighted by molar-refractivity contribution is -0.157. The van der Waals surface area contributed by atoms with Gasteiger partial charge in [0, 0.05) is 26.2 Å². The average Bonchev–Trinajstić information content (AvgIpc) is 3.13. The molecule has 1 fully saturated rings. The number of nitrogens with zero attached hydrogens (tertiary/aromatic N) is 5. The third-order valence-electron chi connectivity index (χ3n) is 5.43. The van der Waals surface area contributed by atoms with Gasteiger partial charge in [-0.1, -0.05) is 5.92 Å². The van der Waals surface area contributed by atoms with Gasteiger partial charge in [0.25, 0.3) is 5.56 Å². The number of imidazole rings is 1. The van der Waals surface area contributed by atoms with E-state index in [1.165, 1.54) is 0 Å². The number of carbonyl (C=O) groups excluding carboxylic acids is 2. The molecule has 1 saturated heterocycles. The summed E-state index contributed by atoms with van der Waals surface area (Å²) in [5.41, 5.74) is -2.48. The third kappa shape index (κ3) is 5.90. The zero-order valence-electron chi connectivity index (χ0n) is 21.9. The highest BCUT2D eigenvalue weighted by molar-refractivity contribution is 5.76. The number of nitrogens with one attached hydrogen (secondary N) is 1. The Bertz CT molecular complexity index is 1320. The molecule has 12 nitrogen and oxygen atoms in total. The Hall–Kier alpha value is -3.75. The van der Waals surface area contributed by atoms with E-state index in [4.69, 9.17) is 9.47 Å². The first kappa shape index (κ1) is 26.8. The van der Waals surface area contributed by atoms with Gasteiger partial charge in [-0.05, 0) is 48.5 Å². The number of aromatic nitrogens is 4. The SMILES string of the molecule is CC#CCn1c(N2CCN(C(=O)OC(C)(C)C)CC2)nc2[nH]c(=O)n(COC(=O)C(C)(C)C)c(=O)c21. The second kappa shape index (κ2) is 10.1. The second-order valence-electron chi connectivity index (χ2n) is 10.6. The van der Waals surface area contributed by atoms with Gasteiger partial charge in [0.2, 0.25) is 5.95 Å². The molecule has 0 aromatic carbocycles. The summed E-state index contributed by atoms with van der Waals surface area (Å²) in [4.78, 5) is 61.2. The van der Waals surface area contributed by atoms with Crippen molar-refractivity contribution in [3.05, 3.63) is 20.8 Å². The molecule has 12 heteroatoms. The molecule has 0 saturated carbocycles. The normalized spacial score (nSPS) is 14.4. The Labute approximate surface area is 209 Å². The van der Waals surface area contributed by atoms with E-state index in [9.17, 15) is 19.2 Å². The van der Waals surface area contributed by atoms with Crippen LogP contribution in [0.1, 0.15) is 48.5 Å². The Morgan fingerprint density at radius 1 is 1.03 bits per heavy atom. The van der Waals surface area contributed by atoms with Gasteiger partial charge in [-0.15, -0.1) is 5.92 Å². The minimum absolute atomic E-state index is 0.117. The summed E-state index contributed by atoms with van der Waals surface area (Å²) in [6.45, 7) is 13.5. The van der Waals surface area contributed by atoms with E-state index < -0.39 is 35.0 Å². The van der Waals surface area contributed by atoms with E-state index in [0.29, 0.717) is 32.1 Å². The van der Waals surface area contributed by atoms with Gasteiger partial charge >= 0.3 is 17.8 Å². The standard InChI is InChI=1S/C24H34N6O6/c1-8-9-10-29-16-17(26-21(33)30(18(16)31)15-35-19(32)23(2,3)4)25-20(29)27-11-13-28(14-12-27)22(34)36-24(5,6)7/h10-15H2,1-7H3,(H,26,33). The van der Waals surface area contributed by atoms with Crippen LogP contribution in [0.5, 0.6) is 0 Å². The highest BCUT2D eigenvalue weighted by Gasteiger charge is 2.29. The molecule has 1 amide bonds. The molecule has 1 N–H and O–H groups in total. The van der Waals surface area contributed by atoms with Crippen LogP contribution in [0.15, 0.2) is 9.59 Å². The fourth-order valence-corrected chi connectivity index (χ4v) is 3.56. The van der Waals surface area contributed by atoms with E-state index >= 15 is 0 Å². The van der Waals surface area contributed by atoms with Crippen LogP contribution in [0.2, 0.25) is 0 Å². The molecule has 0 atom stereocenters. The number of H-pyrrole nitrogens is 1. The van der Waals surface area contributed by atoms with Crippen molar-refractivity contribution in [2.45, 2.75) is 67.3 Å². The lowest BCUT2D eigenvalue weighted by Gasteiger charge is -2.36. The molecule has 0 radical (unpaired) electrons. The topological polar surface area (TPSA) is 132 Å². The number of aromatic amines is 1. The van der Waals surface area contributed by atoms with E-state index in [2.05, 4.69) is 21.8 Å². The summed E-state index contributed by atoms with van der Waals surface area (Å²) in [5.74, 6) is 5.67. The molecule has 1 aliphatic rings. The molecule has 0 unspecified atom stereocenters. The first-order chi connectivity index (χ1) is 16.7. The highest BCUT2D eigenvalue weighted by atomic mass is 16.6. The fraction of sp³-hybridized carbons (Fsp3) is 0.625. The number of amides is 1. The minimum Gasteiger partial charge on any atom is -0.444 e. The maximum atomic E-state index is 13.3. The van der Waals surface area contributed by atoms with Gasteiger partial charge in [0.1, 0.15) is 5.60 Å². The predicted molar refractivity (Wildman–Crippen MR) is 134 cm³/mol. The van der Waals surface area contributed by atoms with Crippen molar-refractivity contribution in [3.8, 4) is 11.8 Å². The predicted octanol–water partition coefficient (Wildman–Crippen LogP) is 1.51. The first-order valence-corrected chi connectivity index (χ1v) is 11.8. The number of rotatable bonds is 4. The fourth-order valence-electron chi connectivity index (χ4n) is 3.56. The van der Waals surface area contributed by atoms with Crippen LogP contribution in [0, 0.1) is 17.3 Å². The first-order valence-electron chi connectivity index (χ1n) is 11.8. The number of ether oxygens (including phenoxy) is 2. The summed E-state index contributed by atoms with van der Waals surface area (Å²) in [5, 5.41) is 0. The quantitative estimate of drug-likeness (QED) is 0.492. The number of carbonyl (C=O) groups is 2. The van der Waals surface area contributed by atoms with Crippen molar-refractivity contribution >= 4 is 29.2 Å². The second-order valence-corrected chi connectivity index (χ2v) is 10.6. The zero-order chi connectivity index (χ0) is 26.8. The Morgan fingerprint density at radius 2 is 1.67 bits per heavy atom. The minimum atomic E-state index is -0.784.